The molecule has 0 aromatic rings. The molecule has 1 aliphatic rings. The van der Waals surface area contributed by atoms with Crippen molar-refractivity contribution in [1.29, 1.82) is 0 Å². The maximum atomic E-state index is 11.0. The van der Waals surface area contributed by atoms with Gasteiger partial charge in [-0.25, -0.2) is 0 Å². The molecule has 7 heteroatoms. The molecule has 5 atom stereocenters. The van der Waals surface area contributed by atoms with Gasteiger partial charge >= 0.3 is 99.7 Å². The van der Waals surface area contributed by atoms with Crippen LogP contribution in [0.1, 0.15) is 6.92 Å². The number of ether oxygens (including phenoxy) is 1. The molecule has 1 saturated heterocycles. The van der Waals surface area contributed by atoms with Crippen LogP contribution in [-0.4, -0.2) is 72.1 Å². The molecule has 4 N–H and O–H groups in total. The van der Waals surface area contributed by atoms with Crippen molar-refractivity contribution < 1.29 is 24.9 Å². The predicted molar refractivity (Wildman–Crippen MR) is 57.0 cm³/mol. The van der Waals surface area contributed by atoms with Crippen LogP contribution < -0.4 is 5.32 Å². The van der Waals surface area contributed by atoms with Crippen molar-refractivity contribution in [3.8, 4) is 0 Å². The van der Waals surface area contributed by atoms with Gasteiger partial charge in [0.15, 0.2) is 0 Å². The Labute approximate surface area is 100 Å². The van der Waals surface area contributed by atoms with Crippen LogP contribution in [0, 0.1) is 0 Å². The van der Waals surface area contributed by atoms with Gasteiger partial charge in [0.1, 0.15) is 0 Å². The van der Waals surface area contributed by atoms with E-state index in [2.05, 4.69) is 5.32 Å². The van der Waals surface area contributed by atoms with E-state index in [9.17, 15) is 15.0 Å². The van der Waals surface area contributed by atoms with Crippen LogP contribution in [0.5, 0.6) is 0 Å². The summed E-state index contributed by atoms with van der Waals surface area (Å²) in [7, 11) is 0. The molecule has 0 unspecified atom stereocenters. The van der Waals surface area contributed by atoms with E-state index in [1.165, 1.54) is 6.92 Å². The van der Waals surface area contributed by atoms with Gasteiger partial charge in [0.2, 0.25) is 0 Å². The van der Waals surface area contributed by atoms with Gasteiger partial charge in [-0.3, -0.25) is 0 Å². The zero-order valence-corrected chi connectivity index (χ0v) is 10.9. The van der Waals surface area contributed by atoms with Crippen LogP contribution in [0.15, 0.2) is 0 Å². The van der Waals surface area contributed by atoms with Gasteiger partial charge in [0.25, 0.3) is 0 Å². The Kier molecular flexibility index (Phi) is 5.17. The first kappa shape index (κ1) is 13.9. The molecule has 1 aliphatic heterocycles. The quantitative estimate of drug-likeness (QED) is 0.439. The standard InChI is InChI=1S/C9H17NO5Se/c1-4(12)10-6-8(14)7(13)5(3-11)15-9(6)16-2/h5-9,11,13-14H,3H2,1-2H3,(H,10,12)/t5-,6-,7+,8-,9+/m1/s1. The third-order valence-electron chi connectivity index (χ3n) is 2.48. The number of amides is 1. The van der Waals surface area contributed by atoms with E-state index >= 15 is 0 Å². The number of hydrogen-bond donors (Lipinski definition) is 4. The van der Waals surface area contributed by atoms with Gasteiger partial charge in [0, 0.05) is 0 Å². The normalized spacial score (nSPS) is 39.4. The fourth-order valence-corrected chi connectivity index (χ4v) is 3.30. The molecule has 1 fully saturated rings. The molecule has 16 heavy (non-hydrogen) atoms. The van der Waals surface area contributed by atoms with Crippen LogP contribution in [0.3, 0.4) is 0 Å². The molecule has 0 aromatic heterocycles. The summed E-state index contributed by atoms with van der Waals surface area (Å²) in [4.78, 5) is 11.0. The molecule has 1 heterocycles. The van der Waals surface area contributed by atoms with Crippen LogP contribution >= 0.6 is 0 Å². The van der Waals surface area contributed by atoms with Crippen LogP contribution in [-0.2, 0) is 9.53 Å². The fourth-order valence-electron chi connectivity index (χ4n) is 1.67. The predicted octanol–water partition coefficient (Wildman–Crippen LogP) is -2.32. The summed E-state index contributed by atoms with van der Waals surface area (Å²) in [5, 5.41) is 30.7. The number of aliphatic hydroxyl groups excluding tert-OH is 3. The van der Waals surface area contributed by atoms with Crippen molar-refractivity contribution in [2.75, 3.05) is 6.61 Å². The molecular weight excluding hydrogens is 281 g/mol. The van der Waals surface area contributed by atoms with Crippen molar-refractivity contribution >= 4 is 20.9 Å². The van der Waals surface area contributed by atoms with Gasteiger partial charge in [0.05, 0.1) is 0 Å². The summed E-state index contributed by atoms with van der Waals surface area (Å²) >= 11 is 0.0294. The second kappa shape index (κ2) is 5.95. The van der Waals surface area contributed by atoms with E-state index in [1.807, 2.05) is 5.82 Å². The monoisotopic (exact) mass is 299 g/mol. The Balaban J connectivity index is 2.77. The molecule has 0 saturated carbocycles. The Morgan fingerprint density at radius 2 is 2.06 bits per heavy atom. The molecule has 0 radical (unpaired) electrons. The van der Waals surface area contributed by atoms with Crippen LogP contribution in [0.2, 0.25) is 5.82 Å². The van der Waals surface area contributed by atoms with E-state index in [4.69, 9.17) is 9.84 Å². The number of carbonyl (C=O) groups excluding carboxylic acids is 1. The zero-order chi connectivity index (χ0) is 12.3. The number of nitrogens with one attached hydrogen (secondary N) is 1. The minimum atomic E-state index is -1.18. The Hall–Kier alpha value is -0.171. The molecule has 0 aliphatic carbocycles. The number of rotatable bonds is 3. The molecular formula is C9H17NO5Se. The second-order valence-electron chi connectivity index (χ2n) is 3.67. The summed E-state index contributed by atoms with van der Waals surface area (Å²) in [5.41, 5.74) is 0. The summed E-state index contributed by atoms with van der Waals surface area (Å²) in [6.45, 7) is 0.995. The van der Waals surface area contributed by atoms with Crippen molar-refractivity contribution in [1.82, 2.24) is 5.32 Å². The Bertz CT molecular complexity index is 250. The van der Waals surface area contributed by atoms with Gasteiger partial charge in [-0.1, -0.05) is 0 Å². The number of hydrogen-bond acceptors (Lipinski definition) is 5. The number of carbonyl (C=O) groups is 1. The first-order valence-corrected chi connectivity index (χ1v) is 7.63. The fraction of sp³-hybridized carbons (Fsp3) is 0.889. The Morgan fingerprint density at radius 1 is 1.44 bits per heavy atom. The molecule has 6 nitrogen and oxygen atoms in total. The number of aliphatic hydroxyl groups is 3. The molecule has 1 rings (SSSR count). The van der Waals surface area contributed by atoms with E-state index in [1.54, 1.807) is 0 Å². The van der Waals surface area contributed by atoms with Crippen molar-refractivity contribution in [2.24, 2.45) is 0 Å². The summed E-state index contributed by atoms with van der Waals surface area (Å²) in [6, 6.07) is -0.611. The first-order valence-electron chi connectivity index (χ1n) is 4.93. The summed E-state index contributed by atoms with van der Waals surface area (Å²) in [5.74, 6) is 1.63. The summed E-state index contributed by atoms with van der Waals surface area (Å²) < 4.78 is 5.43. The first-order chi connectivity index (χ1) is 7.51. The average Bonchev–Trinajstić information content (AvgIpc) is 2.25. The van der Waals surface area contributed by atoms with Crippen LogP contribution in [0.4, 0.5) is 0 Å². The molecule has 0 bridgehead atoms. The molecule has 1 amide bonds. The van der Waals surface area contributed by atoms with E-state index in [-0.39, 0.29) is 32.5 Å². The topological polar surface area (TPSA) is 99.0 Å². The molecule has 94 valence electrons. The second-order valence-corrected chi connectivity index (χ2v) is 5.63. The summed E-state index contributed by atoms with van der Waals surface area (Å²) in [6.07, 6.45) is -3.08. The molecule has 0 spiro atoms. The maximum absolute atomic E-state index is 11.0. The van der Waals surface area contributed by atoms with Gasteiger partial charge < -0.3 is 0 Å². The van der Waals surface area contributed by atoms with Crippen LogP contribution in [0.25, 0.3) is 0 Å². The average molecular weight is 298 g/mol. The van der Waals surface area contributed by atoms with E-state index in [0.717, 1.165) is 0 Å². The van der Waals surface area contributed by atoms with Gasteiger partial charge in [-0.15, -0.1) is 0 Å². The van der Waals surface area contributed by atoms with Gasteiger partial charge in [-0.2, -0.15) is 0 Å². The zero-order valence-electron chi connectivity index (χ0n) is 9.16. The van der Waals surface area contributed by atoms with E-state index in [0.29, 0.717) is 0 Å². The van der Waals surface area contributed by atoms with Gasteiger partial charge in [-0.05, 0) is 0 Å². The van der Waals surface area contributed by atoms with Crippen molar-refractivity contribution in [2.45, 2.75) is 42.1 Å². The third-order valence-corrected chi connectivity index (χ3v) is 4.31. The SMILES string of the molecule is C[Se][C@@H]1O[C@H](CO)[C@H](O)[C@H](O)[C@H]1NC(C)=O. The third kappa shape index (κ3) is 2.94. The molecule has 0 aromatic carbocycles. The van der Waals surface area contributed by atoms with E-state index < -0.39 is 24.4 Å². The Morgan fingerprint density at radius 3 is 2.50 bits per heavy atom. The minimum absolute atomic E-state index is 0.0294. The van der Waals surface area contributed by atoms with Crippen molar-refractivity contribution in [3.05, 3.63) is 0 Å². The van der Waals surface area contributed by atoms with Crippen molar-refractivity contribution in [3.63, 3.8) is 0 Å².